The Balaban J connectivity index is 1.85. The Morgan fingerprint density at radius 1 is 1.62 bits per heavy atom. The van der Waals surface area contributed by atoms with Gasteiger partial charge in [0.15, 0.2) is 0 Å². The number of halogens is 1. The Morgan fingerprint density at radius 3 is 3.31 bits per heavy atom. The number of aromatic nitrogens is 2. The van der Waals surface area contributed by atoms with Crippen LogP contribution in [0.5, 0.6) is 0 Å². The van der Waals surface area contributed by atoms with Crippen molar-refractivity contribution in [2.75, 3.05) is 0 Å². The third-order valence-electron chi connectivity index (χ3n) is 2.68. The molecule has 0 saturated carbocycles. The Bertz CT molecular complexity index is 480. The Morgan fingerprint density at radius 2 is 2.56 bits per heavy atom. The maximum atomic E-state index is 5.79. The van der Waals surface area contributed by atoms with E-state index in [1.807, 2.05) is 6.20 Å². The average Bonchev–Trinajstić information content (AvgIpc) is 2.96. The molecule has 1 aliphatic rings. The second-order valence-electron chi connectivity index (χ2n) is 3.75. The van der Waals surface area contributed by atoms with Crippen molar-refractivity contribution in [2.45, 2.75) is 25.1 Å². The van der Waals surface area contributed by atoms with Gasteiger partial charge < -0.3 is 9.30 Å². The first-order valence-corrected chi connectivity index (χ1v) is 6.54. The topological polar surface area (TPSA) is 27.1 Å². The highest BCUT2D eigenvalue weighted by Gasteiger charge is 2.22. The SMILES string of the molecule is ClCc1cn2c(n1)COC(c1cccs1)C2. The second-order valence-corrected chi connectivity index (χ2v) is 5.00. The quantitative estimate of drug-likeness (QED) is 0.771. The number of thiophene rings is 1. The van der Waals surface area contributed by atoms with Gasteiger partial charge in [-0.3, -0.25) is 0 Å². The van der Waals surface area contributed by atoms with Gasteiger partial charge in [-0.25, -0.2) is 4.98 Å². The highest BCUT2D eigenvalue weighted by molar-refractivity contribution is 7.10. The summed E-state index contributed by atoms with van der Waals surface area (Å²) in [7, 11) is 0. The molecular weight excluding hydrogens is 244 g/mol. The number of nitrogens with zero attached hydrogens (tertiary/aromatic N) is 2. The summed E-state index contributed by atoms with van der Waals surface area (Å²) in [6, 6.07) is 4.16. The van der Waals surface area contributed by atoms with Gasteiger partial charge in [-0.15, -0.1) is 22.9 Å². The van der Waals surface area contributed by atoms with Gasteiger partial charge in [-0.05, 0) is 11.4 Å². The van der Waals surface area contributed by atoms with E-state index >= 15 is 0 Å². The van der Waals surface area contributed by atoms with Gasteiger partial charge >= 0.3 is 0 Å². The summed E-state index contributed by atoms with van der Waals surface area (Å²) < 4.78 is 7.94. The predicted molar refractivity (Wildman–Crippen MR) is 63.6 cm³/mol. The van der Waals surface area contributed by atoms with E-state index < -0.39 is 0 Å². The van der Waals surface area contributed by atoms with E-state index in [0.29, 0.717) is 12.5 Å². The minimum atomic E-state index is 0.157. The second kappa shape index (κ2) is 4.20. The fraction of sp³-hybridized carbons (Fsp3) is 0.364. The normalized spacial score (nSPS) is 19.7. The van der Waals surface area contributed by atoms with E-state index in [2.05, 4.69) is 27.1 Å². The number of fused-ring (bicyclic) bond motifs is 1. The molecule has 16 heavy (non-hydrogen) atoms. The zero-order valence-corrected chi connectivity index (χ0v) is 10.2. The monoisotopic (exact) mass is 254 g/mol. The number of ether oxygens (including phenoxy) is 1. The third-order valence-corrected chi connectivity index (χ3v) is 3.92. The summed E-state index contributed by atoms with van der Waals surface area (Å²) in [6.45, 7) is 1.40. The van der Waals surface area contributed by atoms with Crippen molar-refractivity contribution in [1.82, 2.24) is 9.55 Å². The Hall–Kier alpha value is -0.840. The van der Waals surface area contributed by atoms with Gasteiger partial charge in [0.1, 0.15) is 18.5 Å². The molecule has 0 aromatic carbocycles. The van der Waals surface area contributed by atoms with Crippen LogP contribution in [0.4, 0.5) is 0 Å². The molecule has 0 aliphatic carbocycles. The summed E-state index contributed by atoms with van der Waals surface area (Å²) in [4.78, 5) is 5.66. The molecule has 5 heteroatoms. The standard InChI is InChI=1S/C11H11ClN2OS/c12-4-8-5-14-6-9(10-2-1-3-16-10)15-7-11(14)13-8/h1-3,5,9H,4,6-7H2. The van der Waals surface area contributed by atoms with Crippen molar-refractivity contribution in [3.8, 4) is 0 Å². The van der Waals surface area contributed by atoms with Crippen LogP contribution >= 0.6 is 22.9 Å². The third kappa shape index (κ3) is 1.77. The lowest BCUT2D eigenvalue weighted by molar-refractivity contribution is 0.00267. The number of imidazole rings is 1. The molecule has 3 nitrogen and oxygen atoms in total. The van der Waals surface area contributed by atoms with E-state index in [-0.39, 0.29) is 6.10 Å². The zero-order valence-electron chi connectivity index (χ0n) is 8.60. The van der Waals surface area contributed by atoms with Gasteiger partial charge in [0.25, 0.3) is 0 Å². The molecule has 1 aliphatic heterocycles. The first-order valence-electron chi connectivity index (χ1n) is 5.12. The van der Waals surface area contributed by atoms with Crippen molar-refractivity contribution in [3.63, 3.8) is 0 Å². The van der Waals surface area contributed by atoms with Gasteiger partial charge in [0.2, 0.25) is 0 Å². The van der Waals surface area contributed by atoms with Crippen LogP contribution < -0.4 is 0 Å². The molecule has 2 aromatic heterocycles. The van der Waals surface area contributed by atoms with Crippen molar-refractivity contribution < 1.29 is 4.74 Å². The molecule has 0 amide bonds. The van der Waals surface area contributed by atoms with Crippen molar-refractivity contribution >= 4 is 22.9 Å². The summed E-state index contributed by atoms with van der Waals surface area (Å²) in [6.07, 6.45) is 2.18. The Labute approximate surface area is 103 Å². The number of alkyl halides is 1. The van der Waals surface area contributed by atoms with E-state index in [1.165, 1.54) is 4.88 Å². The molecule has 3 heterocycles. The molecule has 0 fully saturated rings. The number of hydrogen-bond donors (Lipinski definition) is 0. The molecule has 0 spiro atoms. The van der Waals surface area contributed by atoms with E-state index in [1.54, 1.807) is 11.3 Å². The maximum Gasteiger partial charge on any atom is 0.135 e. The molecule has 3 rings (SSSR count). The van der Waals surface area contributed by atoms with Gasteiger partial charge in [0, 0.05) is 11.1 Å². The summed E-state index contributed by atoms with van der Waals surface area (Å²) in [5.41, 5.74) is 0.923. The molecular formula is C11H11ClN2OS. The van der Waals surface area contributed by atoms with Crippen LogP contribution in [0.2, 0.25) is 0 Å². The van der Waals surface area contributed by atoms with Crippen LogP contribution in [0.15, 0.2) is 23.7 Å². The van der Waals surface area contributed by atoms with Crippen LogP contribution in [-0.2, 0) is 23.8 Å². The van der Waals surface area contributed by atoms with Crippen LogP contribution in [0.25, 0.3) is 0 Å². The minimum absolute atomic E-state index is 0.157. The molecule has 0 saturated heterocycles. The van der Waals surface area contributed by atoms with Gasteiger partial charge in [0.05, 0.1) is 18.1 Å². The molecule has 1 atom stereocenters. The van der Waals surface area contributed by atoms with Crippen molar-refractivity contribution in [3.05, 3.63) is 40.1 Å². The van der Waals surface area contributed by atoms with Crippen LogP contribution in [-0.4, -0.2) is 9.55 Å². The van der Waals surface area contributed by atoms with Crippen LogP contribution in [0, 0.1) is 0 Å². The molecule has 0 N–H and O–H groups in total. The molecule has 2 aromatic rings. The minimum Gasteiger partial charge on any atom is -0.363 e. The van der Waals surface area contributed by atoms with Crippen LogP contribution in [0.1, 0.15) is 22.5 Å². The van der Waals surface area contributed by atoms with Crippen molar-refractivity contribution in [1.29, 1.82) is 0 Å². The summed E-state index contributed by atoms with van der Waals surface area (Å²) in [5, 5.41) is 2.08. The fourth-order valence-corrected chi connectivity index (χ4v) is 2.80. The largest absolute Gasteiger partial charge is 0.363 e. The predicted octanol–water partition coefficient (Wildman–Crippen LogP) is 2.95. The first kappa shape index (κ1) is 10.3. The smallest absolute Gasteiger partial charge is 0.135 e. The maximum absolute atomic E-state index is 5.79. The molecule has 84 valence electrons. The fourth-order valence-electron chi connectivity index (χ4n) is 1.90. The molecule has 0 bridgehead atoms. The lowest BCUT2D eigenvalue weighted by Gasteiger charge is -2.23. The number of rotatable bonds is 2. The van der Waals surface area contributed by atoms with E-state index in [9.17, 15) is 0 Å². The van der Waals surface area contributed by atoms with Gasteiger partial charge in [-0.1, -0.05) is 6.07 Å². The van der Waals surface area contributed by atoms with E-state index in [4.69, 9.17) is 16.3 Å². The molecule has 1 unspecified atom stereocenters. The Kier molecular flexibility index (Phi) is 2.71. The average molecular weight is 255 g/mol. The highest BCUT2D eigenvalue weighted by Crippen LogP contribution is 2.29. The highest BCUT2D eigenvalue weighted by atomic mass is 35.5. The summed E-state index contributed by atoms with van der Waals surface area (Å²) in [5.74, 6) is 1.44. The zero-order chi connectivity index (χ0) is 11.0. The van der Waals surface area contributed by atoms with Crippen molar-refractivity contribution in [2.24, 2.45) is 0 Å². The lowest BCUT2D eigenvalue weighted by atomic mass is 10.2. The number of hydrogen-bond acceptors (Lipinski definition) is 3. The first-order chi connectivity index (χ1) is 7.86. The summed E-state index contributed by atoms with van der Waals surface area (Å²) >= 11 is 7.50. The molecule has 0 radical (unpaired) electrons. The van der Waals surface area contributed by atoms with E-state index in [0.717, 1.165) is 18.1 Å². The van der Waals surface area contributed by atoms with Crippen LogP contribution in [0.3, 0.4) is 0 Å². The lowest BCUT2D eigenvalue weighted by Crippen LogP contribution is -2.20. The van der Waals surface area contributed by atoms with Gasteiger partial charge in [-0.2, -0.15) is 0 Å².